The van der Waals surface area contributed by atoms with Crippen LogP contribution in [-0.4, -0.2) is 37.6 Å². The fraction of sp³-hybridized carbons (Fsp3) is 0.588. The largest absolute Gasteiger partial charge is 0.493 e. The fourth-order valence-corrected chi connectivity index (χ4v) is 2.47. The van der Waals surface area contributed by atoms with Gasteiger partial charge in [-0.2, -0.15) is 0 Å². The highest BCUT2D eigenvalue weighted by atomic mass is 16.6. The van der Waals surface area contributed by atoms with Gasteiger partial charge in [0.2, 0.25) is 0 Å². The topological polar surface area (TPSA) is 77.0 Å². The second kappa shape index (κ2) is 6.28. The summed E-state index contributed by atoms with van der Waals surface area (Å²) in [5.41, 5.74) is 0.547. The van der Waals surface area contributed by atoms with Gasteiger partial charge in [0.25, 0.3) is 0 Å². The van der Waals surface area contributed by atoms with E-state index < -0.39 is 11.7 Å². The number of carbonyl (C=O) groups is 1. The van der Waals surface area contributed by atoms with Crippen LogP contribution < -0.4 is 14.8 Å². The van der Waals surface area contributed by atoms with Gasteiger partial charge in [-0.1, -0.05) is 0 Å². The molecule has 1 aromatic carbocycles. The van der Waals surface area contributed by atoms with Crippen molar-refractivity contribution in [3.8, 4) is 11.5 Å². The Balaban J connectivity index is 2.36. The van der Waals surface area contributed by atoms with Crippen molar-refractivity contribution >= 4 is 11.8 Å². The summed E-state index contributed by atoms with van der Waals surface area (Å²) in [4.78, 5) is 12.1. The Labute approximate surface area is 136 Å². The molecule has 0 atom stereocenters. The molecule has 1 amide bonds. The molecule has 0 radical (unpaired) electrons. The molecule has 0 aromatic heterocycles. The van der Waals surface area contributed by atoms with E-state index in [1.54, 1.807) is 20.8 Å². The van der Waals surface area contributed by atoms with Gasteiger partial charge in [-0.3, -0.25) is 5.32 Å². The van der Waals surface area contributed by atoms with E-state index in [2.05, 4.69) is 5.32 Å². The van der Waals surface area contributed by atoms with Crippen LogP contribution >= 0.6 is 0 Å². The molecule has 1 fully saturated rings. The Kier molecular flexibility index (Phi) is 4.75. The van der Waals surface area contributed by atoms with Crippen molar-refractivity contribution in [2.24, 2.45) is 0 Å². The van der Waals surface area contributed by atoms with Crippen molar-refractivity contribution in [1.29, 1.82) is 0 Å². The van der Waals surface area contributed by atoms with E-state index in [0.29, 0.717) is 17.2 Å². The zero-order valence-corrected chi connectivity index (χ0v) is 14.4. The Bertz CT molecular complexity index is 587. The van der Waals surface area contributed by atoms with Crippen LogP contribution in [0.3, 0.4) is 0 Å². The normalized spacial score (nSPS) is 15.7. The Morgan fingerprint density at radius 1 is 1.26 bits per heavy atom. The van der Waals surface area contributed by atoms with Crippen LogP contribution in [0.2, 0.25) is 0 Å². The standard InChI is InChI=1S/C17H25NO5/c1-16(2,3)23-15(20)18-12-8-11(17(10-19)6-7-17)9-13(21-4)14(12)22-5/h8-9,19H,6-7,10H2,1-5H3,(H,18,20). The predicted octanol–water partition coefficient (Wildman–Crippen LogP) is 3.07. The molecule has 1 saturated carbocycles. The molecule has 2 N–H and O–H groups in total. The molecular formula is C17H25NO5. The van der Waals surface area contributed by atoms with Crippen LogP contribution in [-0.2, 0) is 10.2 Å². The van der Waals surface area contributed by atoms with E-state index >= 15 is 0 Å². The van der Waals surface area contributed by atoms with Crippen molar-refractivity contribution in [3.05, 3.63) is 17.7 Å². The number of amides is 1. The van der Waals surface area contributed by atoms with Crippen molar-refractivity contribution in [3.63, 3.8) is 0 Å². The number of benzene rings is 1. The zero-order chi connectivity index (χ0) is 17.3. The minimum Gasteiger partial charge on any atom is -0.493 e. The first-order valence-electron chi connectivity index (χ1n) is 7.62. The Hall–Kier alpha value is -1.95. The maximum atomic E-state index is 12.1. The van der Waals surface area contributed by atoms with Gasteiger partial charge in [-0.15, -0.1) is 0 Å². The van der Waals surface area contributed by atoms with Crippen LogP contribution in [0.5, 0.6) is 11.5 Å². The lowest BCUT2D eigenvalue weighted by molar-refractivity contribution is 0.0635. The molecule has 0 spiro atoms. The van der Waals surface area contributed by atoms with Gasteiger partial charge >= 0.3 is 6.09 Å². The Morgan fingerprint density at radius 2 is 1.91 bits per heavy atom. The summed E-state index contributed by atoms with van der Waals surface area (Å²) in [6.07, 6.45) is 1.25. The second-order valence-electron chi connectivity index (χ2n) is 6.82. The molecule has 6 heteroatoms. The first-order valence-corrected chi connectivity index (χ1v) is 7.62. The van der Waals surface area contributed by atoms with Crippen molar-refractivity contribution in [2.45, 2.75) is 44.6 Å². The smallest absolute Gasteiger partial charge is 0.412 e. The average molecular weight is 323 g/mol. The third-order valence-electron chi connectivity index (χ3n) is 3.88. The molecule has 0 aliphatic heterocycles. The number of carbonyl (C=O) groups excluding carboxylic acids is 1. The summed E-state index contributed by atoms with van der Waals surface area (Å²) >= 11 is 0. The average Bonchev–Trinajstić information content (AvgIpc) is 3.25. The molecule has 0 heterocycles. The number of ether oxygens (including phenoxy) is 3. The zero-order valence-electron chi connectivity index (χ0n) is 14.4. The second-order valence-corrected chi connectivity index (χ2v) is 6.82. The van der Waals surface area contributed by atoms with E-state index in [0.717, 1.165) is 18.4 Å². The maximum absolute atomic E-state index is 12.1. The molecule has 1 aromatic rings. The van der Waals surface area contributed by atoms with Crippen LogP contribution in [0.1, 0.15) is 39.2 Å². The summed E-state index contributed by atoms with van der Waals surface area (Å²) < 4.78 is 16.0. The fourth-order valence-electron chi connectivity index (χ4n) is 2.47. The van der Waals surface area contributed by atoms with Gasteiger partial charge in [0, 0.05) is 5.41 Å². The number of hydrogen-bond acceptors (Lipinski definition) is 5. The van der Waals surface area contributed by atoms with Crippen molar-refractivity contribution in [2.75, 3.05) is 26.1 Å². The molecule has 0 unspecified atom stereocenters. The number of rotatable bonds is 5. The third-order valence-corrected chi connectivity index (χ3v) is 3.88. The van der Waals surface area contributed by atoms with Gasteiger partial charge < -0.3 is 19.3 Å². The van der Waals surface area contributed by atoms with Gasteiger partial charge in [0.1, 0.15) is 5.60 Å². The molecule has 0 saturated heterocycles. The summed E-state index contributed by atoms with van der Waals surface area (Å²) in [6.45, 7) is 5.46. The lowest BCUT2D eigenvalue weighted by Crippen LogP contribution is -2.27. The van der Waals surface area contributed by atoms with Crippen molar-refractivity contribution < 1.29 is 24.1 Å². The highest BCUT2D eigenvalue weighted by molar-refractivity contribution is 5.88. The number of aliphatic hydroxyl groups is 1. The number of nitrogens with one attached hydrogen (secondary N) is 1. The highest BCUT2D eigenvalue weighted by Gasteiger charge is 2.44. The number of hydrogen-bond donors (Lipinski definition) is 2. The summed E-state index contributed by atoms with van der Waals surface area (Å²) in [7, 11) is 3.05. The number of anilines is 1. The first-order chi connectivity index (χ1) is 10.7. The molecular weight excluding hydrogens is 298 g/mol. The van der Waals surface area contributed by atoms with Crippen LogP contribution in [0, 0.1) is 0 Å². The minimum atomic E-state index is -0.595. The van der Waals surface area contributed by atoms with Gasteiger partial charge in [-0.05, 0) is 51.3 Å². The summed E-state index contributed by atoms with van der Waals surface area (Å²) in [5.74, 6) is 0.937. The third kappa shape index (κ3) is 3.88. The quantitative estimate of drug-likeness (QED) is 0.871. The van der Waals surface area contributed by atoms with Crippen LogP contribution in [0.25, 0.3) is 0 Å². The molecule has 1 aliphatic rings. The van der Waals surface area contributed by atoms with Crippen LogP contribution in [0.15, 0.2) is 12.1 Å². The SMILES string of the molecule is COc1cc(C2(CO)CC2)cc(NC(=O)OC(C)(C)C)c1OC. The van der Waals surface area contributed by atoms with Crippen molar-refractivity contribution in [1.82, 2.24) is 0 Å². The van der Waals surface area contributed by atoms with E-state index in [4.69, 9.17) is 14.2 Å². The molecule has 2 rings (SSSR count). The highest BCUT2D eigenvalue weighted by Crippen LogP contribution is 2.51. The Morgan fingerprint density at radius 3 is 2.35 bits per heavy atom. The lowest BCUT2D eigenvalue weighted by Gasteiger charge is -2.22. The monoisotopic (exact) mass is 323 g/mol. The first kappa shape index (κ1) is 17.4. The van der Waals surface area contributed by atoms with E-state index in [1.165, 1.54) is 14.2 Å². The molecule has 1 aliphatic carbocycles. The van der Waals surface area contributed by atoms with E-state index in [9.17, 15) is 9.90 Å². The molecule has 0 bridgehead atoms. The minimum absolute atomic E-state index is 0.0638. The van der Waals surface area contributed by atoms with Gasteiger partial charge in [-0.25, -0.2) is 4.79 Å². The van der Waals surface area contributed by atoms with E-state index in [-0.39, 0.29) is 12.0 Å². The van der Waals surface area contributed by atoms with Gasteiger partial charge in [0.15, 0.2) is 11.5 Å². The van der Waals surface area contributed by atoms with Gasteiger partial charge in [0.05, 0.1) is 26.5 Å². The lowest BCUT2D eigenvalue weighted by atomic mass is 9.95. The maximum Gasteiger partial charge on any atom is 0.412 e. The van der Waals surface area contributed by atoms with Crippen LogP contribution in [0.4, 0.5) is 10.5 Å². The summed E-state index contributed by atoms with van der Waals surface area (Å²) in [5, 5.41) is 12.4. The summed E-state index contributed by atoms with van der Waals surface area (Å²) in [6, 6.07) is 3.66. The van der Waals surface area contributed by atoms with E-state index in [1.807, 2.05) is 12.1 Å². The molecule has 128 valence electrons. The molecule has 23 heavy (non-hydrogen) atoms. The number of aliphatic hydroxyl groups excluding tert-OH is 1. The predicted molar refractivity (Wildman–Crippen MR) is 87.4 cm³/mol. The number of methoxy groups -OCH3 is 2. The molecule has 6 nitrogen and oxygen atoms in total.